The number of rotatable bonds is 3. The number of nitrogens with one attached hydrogen (secondary N) is 2. The van der Waals surface area contributed by atoms with Gasteiger partial charge >= 0.3 is 0 Å². The number of nitrogen functional groups attached to an aromatic ring is 1. The molecule has 3 aromatic rings. The monoisotopic (exact) mass is 255 g/mol. The van der Waals surface area contributed by atoms with Gasteiger partial charge in [-0.15, -0.1) is 0 Å². The molecule has 19 heavy (non-hydrogen) atoms. The number of fused-ring (bicyclic) bond motifs is 1. The maximum Gasteiger partial charge on any atom is 0.267 e. The first-order valence-corrected chi connectivity index (χ1v) is 5.90. The van der Waals surface area contributed by atoms with Gasteiger partial charge in [-0.3, -0.25) is 4.79 Å². The van der Waals surface area contributed by atoms with Gasteiger partial charge < -0.3 is 20.5 Å². The highest BCUT2D eigenvalue weighted by Crippen LogP contribution is 2.18. The number of nitrogens with two attached hydrogens (primary N) is 1. The van der Waals surface area contributed by atoms with Crippen LogP contribution in [-0.2, 0) is 6.54 Å². The molecular weight excluding hydrogens is 242 g/mol. The van der Waals surface area contributed by atoms with E-state index in [1.807, 2.05) is 18.2 Å². The zero-order valence-electron chi connectivity index (χ0n) is 10.1. The van der Waals surface area contributed by atoms with Gasteiger partial charge in [0.2, 0.25) is 0 Å². The number of anilines is 1. The van der Waals surface area contributed by atoms with Crippen LogP contribution in [-0.4, -0.2) is 10.9 Å². The number of aromatic nitrogens is 1. The molecule has 0 saturated carbocycles. The van der Waals surface area contributed by atoms with Crippen LogP contribution in [0.4, 0.5) is 5.69 Å². The topological polar surface area (TPSA) is 84.0 Å². The smallest absolute Gasteiger partial charge is 0.267 e. The fourth-order valence-corrected chi connectivity index (χ4v) is 1.94. The van der Waals surface area contributed by atoms with Crippen molar-refractivity contribution in [3.8, 4) is 0 Å². The number of benzene rings is 1. The Labute approximate surface area is 109 Å². The molecule has 0 aliphatic rings. The molecule has 0 aliphatic carbocycles. The zero-order valence-corrected chi connectivity index (χ0v) is 10.1. The summed E-state index contributed by atoms with van der Waals surface area (Å²) in [5, 5.41) is 3.74. The molecule has 0 fully saturated rings. The third kappa shape index (κ3) is 2.30. The van der Waals surface area contributed by atoms with E-state index in [9.17, 15) is 4.79 Å². The minimum Gasteiger partial charge on any atom is -0.472 e. The van der Waals surface area contributed by atoms with Crippen molar-refractivity contribution in [2.75, 3.05) is 5.73 Å². The summed E-state index contributed by atoms with van der Waals surface area (Å²) in [5.41, 5.74) is 8.72. The highest BCUT2D eigenvalue weighted by molar-refractivity contribution is 5.98. The van der Waals surface area contributed by atoms with E-state index in [4.69, 9.17) is 10.2 Å². The van der Waals surface area contributed by atoms with E-state index in [2.05, 4.69) is 10.3 Å². The third-order valence-electron chi connectivity index (χ3n) is 2.92. The third-order valence-corrected chi connectivity index (χ3v) is 2.92. The number of amides is 1. The van der Waals surface area contributed by atoms with Crippen LogP contribution in [0.2, 0.25) is 0 Å². The Morgan fingerprint density at radius 3 is 3.00 bits per heavy atom. The molecule has 1 amide bonds. The number of aromatic amines is 1. The van der Waals surface area contributed by atoms with Crippen LogP contribution < -0.4 is 11.1 Å². The molecule has 0 bridgehead atoms. The molecule has 1 aromatic carbocycles. The van der Waals surface area contributed by atoms with Crippen LogP contribution in [0, 0.1) is 0 Å². The second-order valence-electron chi connectivity index (χ2n) is 4.34. The van der Waals surface area contributed by atoms with Crippen molar-refractivity contribution in [2.24, 2.45) is 0 Å². The van der Waals surface area contributed by atoms with E-state index in [0.29, 0.717) is 17.9 Å². The van der Waals surface area contributed by atoms with Crippen LogP contribution in [0.15, 0.2) is 47.3 Å². The Bertz CT molecular complexity index is 713. The normalized spacial score (nSPS) is 10.7. The molecule has 5 heteroatoms. The number of H-pyrrole nitrogens is 1. The van der Waals surface area contributed by atoms with Crippen molar-refractivity contribution in [3.05, 3.63) is 54.1 Å². The van der Waals surface area contributed by atoms with E-state index >= 15 is 0 Å². The lowest BCUT2D eigenvalue weighted by molar-refractivity contribution is 0.0946. The number of hydrogen-bond acceptors (Lipinski definition) is 3. The van der Waals surface area contributed by atoms with Gasteiger partial charge in [0.15, 0.2) is 0 Å². The van der Waals surface area contributed by atoms with E-state index in [0.717, 1.165) is 16.5 Å². The Hall–Kier alpha value is -2.69. The standard InChI is InChI=1S/C14H13N3O2/c15-11-1-2-12-10(5-11)6-13(17-12)14(18)16-7-9-3-4-19-8-9/h1-6,8,17H,7,15H2,(H,16,18). The summed E-state index contributed by atoms with van der Waals surface area (Å²) < 4.78 is 4.94. The quantitative estimate of drug-likeness (QED) is 0.628. The molecule has 0 atom stereocenters. The van der Waals surface area contributed by atoms with Gasteiger partial charge in [-0.05, 0) is 30.3 Å². The molecule has 0 saturated heterocycles. The van der Waals surface area contributed by atoms with Gasteiger partial charge in [-0.25, -0.2) is 0 Å². The summed E-state index contributed by atoms with van der Waals surface area (Å²) in [4.78, 5) is 15.1. The van der Waals surface area contributed by atoms with Gasteiger partial charge in [-0.2, -0.15) is 0 Å². The van der Waals surface area contributed by atoms with E-state index in [1.54, 1.807) is 24.7 Å². The molecule has 0 unspecified atom stereocenters. The molecule has 0 spiro atoms. The number of furan rings is 1. The number of hydrogen-bond donors (Lipinski definition) is 3. The largest absolute Gasteiger partial charge is 0.472 e. The molecule has 2 heterocycles. The van der Waals surface area contributed by atoms with Crippen LogP contribution in [0.3, 0.4) is 0 Å². The molecule has 5 nitrogen and oxygen atoms in total. The van der Waals surface area contributed by atoms with E-state index < -0.39 is 0 Å². The predicted octanol–water partition coefficient (Wildman–Crippen LogP) is 2.27. The zero-order chi connectivity index (χ0) is 13.2. The fraction of sp³-hybridized carbons (Fsp3) is 0.0714. The van der Waals surface area contributed by atoms with Crippen molar-refractivity contribution in [2.45, 2.75) is 6.54 Å². The summed E-state index contributed by atoms with van der Waals surface area (Å²) in [5.74, 6) is -0.157. The molecule has 4 N–H and O–H groups in total. The summed E-state index contributed by atoms with van der Waals surface area (Å²) >= 11 is 0. The highest BCUT2D eigenvalue weighted by atomic mass is 16.3. The van der Waals surface area contributed by atoms with Crippen LogP contribution in [0.1, 0.15) is 16.1 Å². The Kier molecular flexibility index (Phi) is 2.72. The predicted molar refractivity (Wildman–Crippen MR) is 72.6 cm³/mol. The van der Waals surface area contributed by atoms with Crippen LogP contribution in [0.25, 0.3) is 10.9 Å². The summed E-state index contributed by atoms with van der Waals surface area (Å²) in [6.07, 6.45) is 3.18. The molecular formula is C14H13N3O2. The first-order valence-electron chi connectivity index (χ1n) is 5.90. The molecule has 2 aromatic heterocycles. The van der Waals surface area contributed by atoms with E-state index in [-0.39, 0.29) is 5.91 Å². The van der Waals surface area contributed by atoms with Crippen LogP contribution >= 0.6 is 0 Å². The lowest BCUT2D eigenvalue weighted by Gasteiger charge is -2.00. The number of carbonyl (C=O) groups excluding carboxylic acids is 1. The second kappa shape index (κ2) is 4.53. The minimum atomic E-state index is -0.157. The van der Waals surface area contributed by atoms with Gasteiger partial charge in [0.25, 0.3) is 5.91 Å². The number of carbonyl (C=O) groups is 1. The fourth-order valence-electron chi connectivity index (χ4n) is 1.94. The maximum absolute atomic E-state index is 12.0. The van der Waals surface area contributed by atoms with Gasteiger partial charge in [0.1, 0.15) is 5.69 Å². The SMILES string of the molecule is Nc1ccc2[nH]c(C(=O)NCc3ccoc3)cc2c1. The summed E-state index contributed by atoms with van der Waals surface area (Å²) in [6, 6.07) is 9.09. The first kappa shape index (κ1) is 11.4. The average Bonchev–Trinajstić information content (AvgIpc) is 3.04. The molecule has 3 rings (SSSR count). The molecule has 96 valence electrons. The van der Waals surface area contributed by atoms with Crippen molar-refractivity contribution >= 4 is 22.5 Å². The molecule has 0 radical (unpaired) electrons. The van der Waals surface area contributed by atoms with Crippen molar-refractivity contribution in [3.63, 3.8) is 0 Å². The summed E-state index contributed by atoms with van der Waals surface area (Å²) in [6.45, 7) is 0.437. The Morgan fingerprint density at radius 2 is 2.21 bits per heavy atom. The molecule has 0 aliphatic heterocycles. The Morgan fingerprint density at radius 1 is 1.32 bits per heavy atom. The van der Waals surface area contributed by atoms with Crippen molar-refractivity contribution in [1.82, 2.24) is 10.3 Å². The Balaban J connectivity index is 1.77. The maximum atomic E-state index is 12.0. The average molecular weight is 255 g/mol. The summed E-state index contributed by atoms with van der Waals surface area (Å²) in [7, 11) is 0. The second-order valence-corrected chi connectivity index (χ2v) is 4.34. The van der Waals surface area contributed by atoms with Gasteiger partial charge in [-0.1, -0.05) is 0 Å². The lowest BCUT2D eigenvalue weighted by atomic mass is 10.2. The lowest BCUT2D eigenvalue weighted by Crippen LogP contribution is -2.22. The van der Waals surface area contributed by atoms with Gasteiger partial charge in [0.05, 0.1) is 12.5 Å². The van der Waals surface area contributed by atoms with Crippen molar-refractivity contribution < 1.29 is 9.21 Å². The minimum absolute atomic E-state index is 0.157. The van der Waals surface area contributed by atoms with Crippen molar-refractivity contribution in [1.29, 1.82) is 0 Å². The van der Waals surface area contributed by atoms with Gasteiger partial charge in [0, 0.05) is 28.7 Å². The first-order chi connectivity index (χ1) is 9.22. The van der Waals surface area contributed by atoms with Crippen LogP contribution in [0.5, 0.6) is 0 Å². The highest BCUT2D eigenvalue weighted by Gasteiger charge is 2.09. The van der Waals surface area contributed by atoms with E-state index in [1.165, 1.54) is 0 Å².